The van der Waals surface area contributed by atoms with Crippen molar-refractivity contribution in [1.82, 2.24) is 0 Å². The maximum atomic E-state index is 9.24. The first kappa shape index (κ1) is 19.5. The van der Waals surface area contributed by atoms with E-state index in [0.717, 1.165) is 11.1 Å². The Balaban J connectivity index is 0.00000264. The number of halogens is 1. The Morgan fingerprint density at radius 2 is 1.83 bits per heavy atom. The van der Waals surface area contributed by atoms with E-state index in [-0.39, 0.29) is 12.4 Å². The molecule has 1 aliphatic carbocycles. The maximum Gasteiger partial charge on any atom is 0.329 e. The van der Waals surface area contributed by atoms with Crippen LogP contribution < -0.4 is 0 Å². The second-order valence-electron chi connectivity index (χ2n) is 4.93. The summed E-state index contributed by atoms with van der Waals surface area (Å²) in [4.78, 5) is 4.01. The van der Waals surface area contributed by atoms with E-state index in [1.807, 2.05) is 45.0 Å². The van der Waals surface area contributed by atoms with E-state index in [9.17, 15) is 5.53 Å². The molecular weight excluding hydrogens is 332 g/mol. The number of nitrogens with zero attached hydrogens (tertiary/aromatic N) is 2. The van der Waals surface area contributed by atoms with Crippen molar-refractivity contribution in [1.29, 1.82) is 0 Å². The zero-order chi connectivity index (χ0) is 16.1. The molecule has 0 radical (unpaired) electrons. The summed E-state index contributed by atoms with van der Waals surface area (Å²) in [6.45, 7) is 6.85. The van der Waals surface area contributed by atoms with Gasteiger partial charge in [0, 0.05) is 17.1 Å². The van der Waals surface area contributed by atoms with Crippen LogP contribution in [0, 0.1) is 6.92 Å². The van der Waals surface area contributed by atoms with Crippen LogP contribution in [0.5, 0.6) is 0 Å². The largest absolute Gasteiger partial charge is 0.493 e. The average molecular weight is 353 g/mol. The SMILES string of the molecule is CCOC1=CC(=[N+]=[N-])C(OCC)C(S)=C1c1ccc(C)cc1.Cl. The number of rotatable bonds is 5. The molecule has 6 heteroatoms. The van der Waals surface area contributed by atoms with Crippen molar-refractivity contribution in [2.24, 2.45) is 0 Å². The van der Waals surface area contributed by atoms with Gasteiger partial charge in [-0.25, -0.2) is 0 Å². The van der Waals surface area contributed by atoms with Gasteiger partial charge in [-0.3, -0.25) is 0 Å². The predicted octanol–water partition coefficient (Wildman–Crippen LogP) is 4.07. The first-order chi connectivity index (χ1) is 10.6. The summed E-state index contributed by atoms with van der Waals surface area (Å²) in [5.41, 5.74) is 12.7. The van der Waals surface area contributed by atoms with Crippen LogP contribution in [0.2, 0.25) is 0 Å². The van der Waals surface area contributed by atoms with Crippen molar-refractivity contribution in [3.05, 3.63) is 57.7 Å². The third-order valence-corrected chi connectivity index (χ3v) is 3.85. The molecule has 1 aliphatic rings. The fourth-order valence-electron chi connectivity index (χ4n) is 2.37. The summed E-state index contributed by atoms with van der Waals surface area (Å²) < 4.78 is 11.4. The molecule has 0 saturated carbocycles. The van der Waals surface area contributed by atoms with Gasteiger partial charge in [-0.2, -0.15) is 4.79 Å². The van der Waals surface area contributed by atoms with Crippen LogP contribution in [0.4, 0.5) is 0 Å². The molecule has 0 N–H and O–H groups in total. The predicted molar refractivity (Wildman–Crippen MR) is 98.1 cm³/mol. The quantitative estimate of drug-likeness (QED) is 0.493. The smallest absolute Gasteiger partial charge is 0.329 e. The minimum atomic E-state index is -0.487. The minimum Gasteiger partial charge on any atom is -0.493 e. The van der Waals surface area contributed by atoms with Crippen LogP contribution >= 0.6 is 25.0 Å². The highest BCUT2D eigenvalue weighted by atomic mass is 35.5. The molecular formula is C17H21ClN2O2S. The van der Waals surface area contributed by atoms with Crippen molar-refractivity contribution < 1.29 is 14.3 Å². The number of benzene rings is 1. The van der Waals surface area contributed by atoms with Crippen LogP contribution in [0.1, 0.15) is 25.0 Å². The summed E-state index contributed by atoms with van der Waals surface area (Å²) in [5.74, 6) is 0.639. The van der Waals surface area contributed by atoms with E-state index in [1.165, 1.54) is 5.56 Å². The van der Waals surface area contributed by atoms with Gasteiger partial charge < -0.3 is 15.0 Å². The van der Waals surface area contributed by atoms with Crippen molar-refractivity contribution in [2.45, 2.75) is 26.9 Å². The molecule has 1 atom stereocenters. The van der Waals surface area contributed by atoms with Gasteiger partial charge in [-0.15, -0.1) is 25.0 Å². The molecule has 23 heavy (non-hydrogen) atoms. The van der Waals surface area contributed by atoms with Crippen molar-refractivity contribution in [2.75, 3.05) is 13.2 Å². The highest BCUT2D eigenvalue weighted by molar-refractivity contribution is 7.84. The summed E-state index contributed by atoms with van der Waals surface area (Å²) in [5, 5.41) is 0. The number of aryl methyl sites for hydroxylation is 1. The molecule has 4 nitrogen and oxygen atoms in total. The van der Waals surface area contributed by atoms with Gasteiger partial charge in [0.05, 0.1) is 12.7 Å². The van der Waals surface area contributed by atoms with Crippen molar-refractivity contribution in [3.8, 4) is 0 Å². The van der Waals surface area contributed by atoms with Gasteiger partial charge in [0.25, 0.3) is 0 Å². The monoisotopic (exact) mass is 352 g/mol. The number of thiol groups is 1. The van der Waals surface area contributed by atoms with Gasteiger partial charge in [-0.1, -0.05) is 29.8 Å². The third-order valence-electron chi connectivity index (χ3n) is 3.39. The van der Waals surface area contributed by atoms with Gasteiger partial charge in [0.2, 0.25) is 0 Å². The Morgan fingerprint density at radius 1 is 1.17 bits per heavy atom. The maximum absolute atomic E-state index is 9.24. The summed E-state index contributed by atoms with van der Waals surface area (Å²) in [6, 6.07) is 8.13. The second-order valence-corrected chi connectivity index (χ2v) is 5.41. The fourth-order valence-corrected chi connectivity index (χ4v) is 2.82. The van der Waals surface area contributed by atoms with Crippen LogP contribution in [-0.2, 0) is 9.47 Å². The molecule has 1 aromatic rings. The molecule has 0 heterocycles. The number of ether oxygens (including phenoxy) is 2. The van der Waals surface area contributed by atoms with Gasteiger partial charge in [0.1, 0.15) is 5.76 Å². The molecule has 1 unspecified atom stereocenters. The van der Waals surface area contributed by atoms with Gasteiger partial charge in [0.15, 0.2) is 6.10 Å². The zero-order valence-electron chi connectivity index (χ0n) is 13.4. The highest BCUT2D eigenvalue weighted by Crippen LogP contribution is 2.36. The molecule has 0 saturated heterocycles. The van der Waals surface area contributed by atoms with Crippen molar-refractivity contribution >= 4 is 36.3 Å². The van der Waals surface area contributed by atoms with E-state index in [4.69, 9.17) is 9.47 Å². The normalized spacial score (nSPS) is 17.3. The van der Waals surface area contributed by atoms with Crippen LogP contribution in [0.25, 0.3) is 11.1 Å². The van der Waals surface area contributed by atoms with E-state index in [1.54, 1.807) is 6.08 Å². The Bertz CT molecular complexity index is 662. The summed E-state index contributed by atoms with van der Waals surface area (Å²) in [6.07, 6.45) is 1.22. The molecule has 0 amide bonds. The number of hydrogen-bond acceptors (Lipinski definition) is 3. The Morgan fingerprint density at radius 3 is 2.35 bits per heavy atom. The van der Waals surface area contributed by atoms with E-state index in [0.29, 0.717) is 29.6 Å². The lowest BCUT2D eigenvalue weighted by molar-refractivity contribution is -0.0223. The molecule has 0 aromatic heterocycles. The fraction of sp³-hybridized carbons (Fsp3) is 0.353. The van der Waals surface area contributed by atoms with Crippen molar-refractivity contribution in [3.63, 3.8) is 0 Å². The number of hydrogen-bond donors (Lipinski definition) is 1. The second kappa shape index (κ2) is 8.94. The average Bonchev–Trinajstić information content (AvgIpc) is 2.51. The Hall–Kier alpha value is -1.52. The number of allylic oxidation sites excluding steroid dienone is 1. The van der Waals surface area contributed by atoms with E-state index < -0.39 is 6.10 Å². The zero-order valence-corrected chi connectivity index (χ0v) is 15.2. The van der Waals surface area contributed by atoms with Crippen LogP contribution in [0.15, 0.2) is 41.0 Å². The topological polar surface area (TPSA) is 54.9 Å². The lowest BCUT2D eigenvalue weighted by atomic mass is 9.94. The molecule has 1 aromatic carbocycles. The van der Waals surface area contributed by atoms with E-state index in [2.05, 4.69) is 17.4 Å². The standard InChI is InChI=1S/C17H20N2O2S.ClH/c1-4-20-14-10-13(19-18)16(21-5-2)17(22)15(14)12-8-6-11(3)7-9-12;/h6-10,16,22H,4-5H2,1-3H3;1H. The first-order valence-electron chi connectivity index (χ1n) is 7.30. The van der Waals surface area contributed by atoms with Crippen LogP contribution in [-0.4, -0.2) is 29.8 Å². The summed E-state index contributed by atoms with van der Waals surface area (Å²) >= 11 is 4.63. The highest BCUT2D eigenvalue weighted by Gasteiger charge is 2.34. The molecule has 2 rings (SSSR count). The molecule has 124 valence electrons. The van der Waals surface area contributed by atoms with Gasteiger partial charge in [-0.05, 0) is 26.3 Å². The minimum absolute atomic E-state index is 0. The molecule has 0 bridgehead atoms. The van der Waals surface area contributed by atoms with Crippen LogP contribution in [0.3, 0.4) is 0 Å². The lowest BCUT2D eigenvalue weighted by Crippen LogP contribution is -2.29. The molecule has 0 spiro atoms. The Kier molecular flexibility index (Phi) is 7.59. The third kappa shape index (κ3) is 4.27. The summed E-state index contributed by atoms with van der Waals surface area (Å²) in [7, 11) is 0. The molecule has 0 fully saturated rings. The molecule has 0 aliphatic heterocycles. The van der Waals surface area contributed by atoms with E-state index >= 15 is 0 Å². The first-order valence-corrected chi connectivity index (χ1v) is 7.75. The van der Waals surface area contributed by atoms with Gasteiger partial charge >= 0.3 is 5.71 Å². The lowest BCUT2D eigenvalue weighted by Gasteiger charge is -2.23. The Labute approximate surface area is 148 Å².